The molecule has 1 nitrogen and oxygen atoms in total. The Labute approximate surface area is 71.6 Å². The number of phenols is 1. The number of hydrogen-bond acceptors (Lipinski definition) is 1. The summed E-state index contributed by atoms with van der Waals surface area (Å²) in [7, 11) is 0. The molecule has 0 aromatic heterocycles. The largest absolute Gasteiger partial charge is 0.508 e. The molecule has 2 heteroatoms. The van der Waals surface area contributed by atoms with Crippen LogP contribution in [0, 0.1) is 6.42 Å². The van der Waals surface area contributed by atoms with Crippen molar-refractivity contribution in [3.05, 3.63) is 35.2 Å². The standard InChI is InChI=1S/C9H10ClO/c1-2-3-7-4-8(10)6-9(11)5-7/h2,4-6,11H,3H2,1H3. The summed E-state index contributed by atoms with van der Waals surface area (Å²) in [6.07, 6.45) is 2.86. The first-order valence-electron chi connectivity index (χ1n) is 3.48. The first-order chi connectivity index (χ1) is 5.22. The molecule has 0 saturated heterocycles. The molecule has 0 amide bonds. The van der Waals surface area contributed by atoms with Gasteiger partial charge in [-0.15, -0.1) is 0 Å². The van der Waals surface area contributed by atoms with Gasteiger partial charge in [-0.05, 0) is 36.6 Å². The Bertz CT molecular complexity index is 225. The zero-order valence-corrected chi connectivity index (χ0v) is 7.10. The summed E-state index contributed by atoms with van der Waals surface area (Å²) in [5.41, 5.74) is 1.04. The lowest BCUT2D eigenvalue weighted by Crippen LogP contribution is -1.82. The third-order valence-electron chi connectivity index (χ3n) is 1.38. The quantitative estimate of drug-likeness (QED) is 0.722. The van der Waals surface area contributed by atoms with Crippen LogP contribution in [0.25, 0.3) is 0 Å². The van der Waals surface area contributed by atoms with Gasteiger partial charge in [0.05, 0.1) is 0 Å². The fraction of sp³-hybridized carbons (Fsp3) is 0.222. The van der Waals surface area contributed by atoms with E-state index >= 15 is 0 Å². The van der Waals surface area contributed by atoms with Crippen LogP contribution in [0.1, 0.15) is 12.5 Å². The van der Waals surface area contributed by atoms with E-state index in [9.17, 15) is 0 Å². The smallest absolute Gasteiger partial charge is 0.117 e. The summed E-state index contributed by atoms with van der Waals surface area (Å²) >= 11 is 5.71. The van der Waals surface area contributed by atoms with E-state index in [4.69, 9.17) is 16.7 Å². The fourth-order valence-corrected chi connectivity index (χ4v) is 1.24. The SMILES string of the molecule is C[CH]Cc1cc(O)cc(Cl)c1. The highest BCUT2D eigenvalue weighted by Crippen LogP contribution is 2.20. The molecule has 1 aromatic carbocycles. The average molecular weight is 170 g/mol. The lowest BCUT2D eigenvalue weighted by Gasteiger charge is -1.99. The molecule has 0 spiro atoms. The molecular weight excluding hydrogens is 160 g/mol. The first kappa shape index (κ1) is 8.41. The van der Waals surface area contributed by atoms with E-state index in [0.29, 0.717) is 5.02 Å². The van der Waals surface area contributed by atoms with E-state index < -0.39 is 0 Å². The Morgan fingerprint density at radius 2 is 2.18 bits per heavy atom. The lowest BCUT2D eigenvalue weighted by atomic mass is 10.1. The Hall–Kier alpha value is -0.690. The number of halogens is 1. The van der Waals surface area contributed by atoms with E-state index in [1.807, 2.05) is 19.4 Å². The molecule has 0 aliphatic rings. The molecule has 1 N–H and O–H groups in total. The van der Waals surface area contributed by atoms with Gasteiger partial charge in [0.2, 0.25) is 0 Å². The normalized spacial score (nSPS) is 10.0. The van der Waals surface area contributed by atoms with Gasteiger partial charge in [-0.25, -0.2) is 0 Å². The molecule has 0 aliphatic heterocycles. The predicted molar refractivity (Wildman–Crippen MR) is 46.8 cm³/mol. The number of hydrogen-bond donors (Lipinski definition) is 1. The highest BCUT2D eigenvalue weighted by atomic mass is 35.5. The Kier molecular flexibility index (Phi) is 2.77. The topological polar surface area (TPSA) is 20.2 Å². The molecule has 1 aromatic rings. The number of aromatic hydroxyl groups is 1. The molecule has 0 atom stereocenters. The minimum Gasteiger partial charge on any atom is -0.508 e. The van der Waals surface area contributed by atoms with Crippen LogP contribution >= 0.6 is 11.6 Å². The molecular formula is C9H10ClO. The van der Waals surface area contributed by atoms with Gasteiger partial charge in [0.1, 0.15) is 5.75 Å². The molecule has 0 saturated carbocycles. The van der Waals surface area contributed by atoms with Crippen LogP contribution in [-0.2, 0) is 6.42 Å². The second kappa shape index (κ2) is 3.63. The third kappa shape index (κ3) is 2.43. The van der Waals surface area contributed by atoms with Gasteiger partial charge in [-0.1, -0.05) is 18.5 Å². The molecule has 1 rings (SSSR count). The molecule has 0 fully saturated rings. The Morgan fingerprint density at radius 1 is 1.45 bits per heavy atom. The van der Waals surface area contributed by atoms with Crippen molar-refractivity contribution in [1.29, 1.82) is 0 Å². The van der Waals surface area contributed by atoms with Crippen molar-refractivity contribution in [2.45, 2.75) is 13.3 Å². The molecule has 0 heterocycles. The molecule has 0 unspecified atom stereocenters. The van der Waals surface area contributed by atoms with Gasteiger partial charge >= 0.3 is 0 Å². The van der Waals surface area contributed by atoms with E-state index in [2.05, 4.69) is 0 Å². The summed E-state index contributed by atoms with van der Waals surface area (Å²) in [6.45, 7) is 1.97. The molecule has 59 valence electrons. The van der Waals surface area contributed by atoms with Crippen molar-refractivity contribution in [2.75, 3.05) is 0 Å². The minimum atomic E-state index is 0.231. The van der Waals surface area contributed by atoms with E-state index in [1.54, 1.807) is 6.07 Å². The van der Waals surface area contributed by atoms with Gasteiger partial charge < -0.3 is 5.11 Å². The minimum absolute atomic E-state index is 0.231. The lowest BCUT2D eigenvalue weighted by molar-refractivity contribution is 0.474. The molecule has 11 heavy (non-hydrogen) atoms. The second-order valence-corrected chi connectivity index (χ2v) is 2.87. The van der Waals surface area contributed by atoms with E-state index in [0.717, 1.165) is 12.0 Å². The van der Waals surface area contributed by atoms with E-state index in [-0.39, 0.29) is 5.75 Å². The summed E-state index contributed by atoms with van der Waals surface area (Å²) in [6, 6.07) is 5.09. The maximum absolute atomic E-state index is 9.12. The second-order valence-electron chi connectivity index (χ2n) is 2.43. The maximum atomic E-state index is 9.12. The monoisotopic (exact) mass is 169 g/mol. The van der Waals surface area contributed by atoms with Crippen molar-refractivity contribution in [3.63, 3.8) is 0 Å². The van der Waals surface area contributed by atoms with Crippen molar-refractivity contribution in [3.8, 4) is 5.75 Å². The van der Waals surface area contributed by atoms with Crippen LogP contribution < -0.4 is 0 Å². The van der Waals surface area contributed by atoms with Crippen LogP contribution in [0.2, 0.25) is 5.02 Å². The molecule has 0 aliphatic carbocycles. The predicted octanol–water partition coefficient (Wildman–Crippen LogP) is 2.81. The van der Waals surface area contributed by atoms with Crippen molar-refractivity contribution in [2.24, 2.45) is 0 Å². The van der Waals surface area contributed by atoms with Crippen LogP contribution in [0.3, 0.4) is 0 Å². The van der Waals surface area contributed by atoms with Crippen LogP contribution in [-0.4, -0.2) is 5.11 Å². The third-order valence-corrected chi connectivity index (χ3v) is 1.60. The van der Waals surface area contributed by atoms with Crippen molar-refractivity contribution in [1.82, 2.24) is 0 Å². The zero-order chi connectivity index (χ0) is 8.27. The van der Waals surface area contributed by atoms with Crippen LogP contribution in [0.4, 0.5) is 0 Å². The highest BCUT2D eigenvalue weighted by molar-refractivity contribution is 6.30. The average Bonchev–Trinajstić information content (AvgIpc) is 1.85. The van der Waals surface area contributed by atoms with Crippen LogP contribution in [0.15, 0.2) is 18.2 Å². The number of benzene rings is 1. The summed E-state index contributed by atoms with van der Waals surface area (Å²) in [5.74, 6) is 0.231. The zero-order valence-electron chi connectivity index (χ0n) is 6.34. The Morgan fingerprint density at radius 3 is 2.73 bits per heavy atom. The summed E-state index contributed by atoms with van der Waals surface area (Å²) in [4.78, 5) is 0. The van der Waals surface area contributed by atoms with Crippen LogP contribution in [0.5, 0.6) is 5.75 Å². The van der Waals surface area contributed by atoms with Gasteiger partial charge in [0.15, 0.2) is 0 Å². The first-order valence-corrected chi connectivity index (χ1v) is 3.86. The van der Waals surface area contributed by atoms with E-state index in [1.165, 1.54) is 6.07 Å². The van der Waals surface area contributed by atoms with Gasteiger partial charge in [0, 0.05) is 5.02 Å². The number of rotatable bonds is 2. The molecule has 0 bridgehead atoms. The summed E-state index contributed by atoms with van der Waals surface area (Å²) in [5, 5.41) is 9.71. The van der Waals surface area contributed by atoms with Gasteiger partial charge in [0.25, 0.3) is 0 Å². The van der Waals surface area contributed by atoms with Crippen molar-refractivity contribution >= 4 is 11.6 Å². The fourth-order valence-electron chi connectivity index (χ4n) is 0.987. The summed E-state index contributed by atoms with van der Waals surface area (Å²) < 4.78 is 0. The van der Waals surface area contributed by atoms with Gasteiger partial charge in [-0.3, -0.25) is 0 Å². The van der Waals surface area contributed by atoms with Gasteiger partial charge in [-0.2, -0.15) is 0 Å². The van der Waals surface area contributed by atoms with Crippen molar-refractivity contribution < 1.29 is 5.11 Å². The highest BCUT2D eigenvalue weighted by Gasteiger charge is 1.96. The molecule has 1 radical (unpaired) electrons. The maximum Gasteiger partial charge on any atom is 0.117 e. The number of phenolic OH excluding ortho intramolecular Hbond substituents is 1. The Balaban J connectivity index is 2.89.